The summed E-state index contributed by atoms with van der Waals surface area (Å²) in [6, 6.07) is 6.34. The van der Waals surface area contributed by atoms with Gasteiger partial charge in [0.25, 0.3) is 0 Å². The van der Waals surface area contributed by atoms with E-state index in [1.807, 2.05) is 6.92 Å². The average Bonchev–Trinajstić information content (AvgIpc) is 2.16. The molecule has 0 aromatic heterocycles. The second-order valence-corrected chi connectivity index (χ2v) is 4.90. The predicted molar refractivity (Wildman–Crippen MR) is 56.7 cm³/mol. The molecule has 0 atom stereocenters. The van der Waals surface area contributed by atoms with Crippen molar-refractivity contribution in [1.82, 2.24) is 0 Å². The molecule has 0 aliphatic heterocycles. The maximum atomic E-state index is 11.6. The average molecular weight is 225 g/mol. The van der Waals surface area contributed by atoms with Crippen molar-refractivity contribution in [2.75, 3.05) is 0 Å². The number of carbonyl (C=O) groups is 1. The van der Waals surface area contributed by atoms with Crippen LogP contribution >= 0.6 is 0 Å². The minimum Gasteiger partial charge on any atom is -0.366 e. The van der Waals surface area contributed by atoms with Gasteiger partial charge in [0, 0.05) is 11.5 Å². The van der Waals surface area contributed by atoms with Gasteiger partial charge in [0.05, 0.1) is 4.90 Å². The second-order valence-electron chi connectivity index (χ2n) is 3.06. The fourth-order valence-electron chi connectivity index (χ4n) is 0.963. The zero-order chi connectivity index (χ0) is 11.5. The van der Waals surface area contributed by atoms with Gasteiger partial charge >= 0.3 is 0 Å². The molecule has 15 heavy (non-hydrogen) atoms. The van der Waals surface area contributed by atoms with Gasteiger partial charge in [-0.3, -0.25) is 4.79 Å². The van der Waals surface area contributed by atoms with Gasteiger partial charge in [0.15, 0.2) is 9.84 Å². The highest BCUT2D eigenvalue weighted by Gasteiger charge is 2.09. The largest absolute Gasteiger partial charge is 0.366 e. The summed E-state index contributed by atoms with van der Waals surface area (Å²) in [6.07, 6.45) is 0.829. The summed E-state index contributed by atoms with van der Waals surface area (Å²) in [5.74, 6) is -0.786. The number of aryl methyl sites for hydroxylation is 1. The van der Waals surface area contributed by atoms with Crippen molar-refractivity contribution in [2.24, 2.45) is 5.73 Å². The number of amides is 1. The molecular weight excluding hydrogens is 214 g/mol. The quantitative estimate of drug-likeness (QED) is 0.772. The van der Waals surface area contributed by atoms with Crippen molar-refractivity contribution < 1.29 is 13.2 Å². The molecule has 0 saturated heterocycles. The Labute approximate surface area is 88.3 Å². The maximum Gasteiger partial charge on any atom is 0.242 e. The van der Waals surface area contributed by atoms with Crippen LogP contribution in [0, 0.1) is 6.92 Å². The van der Waals surface area contributed by atoms with E-state index in [4.69, 9.17) is 5.73 Å². The molecule has 0 saturated carbocycles. The highest BCUT2D eigenvalue weighted by atomic mass is 32.2. The van der Waals surface area contributed by atoms with E-state index in [9.17, 15) is 13.2 Å². The zero-order valence-electron chi connectivity index (χ0n) is 8.17. The van der Waals surface area contributed by atoms with Gasteiger partial charge < -0.3 is 5.73 Å². The number of hydrogen-bond acceptors (Lipinski definition) is 3. The lowest BCUT2D eigenvalue weighted by molar-refractivity contribution is -0.113. The second kappa shape index (κ2) is 4.27. The zero-order valence-corrected chi connectivity index (χ0v) is 8.99. The maximum absolute atomic E-state index is 11.6. The van der Waals surface area contributed by atoms with Gasteiger partial charge in [-0.1, -0.05) is 17.7 Å². The number of hydrogen-bond donors (Lipinski definition) is 1. The van der Waals surface area contributed by atoms with Crippen molar-refractivity contribution in [3.63, 3.8) is 0 Å². The molecule has 80 valence electrons. The number of primary amides is 1. The molecule has 4 nitrogen and oxygen atoms in total. The van der Waals surface area contributed by atoms with Crippen LogP contribution in [-0.2, 0) is 14.6 Å². The van der Waals surface area contributed by atoms with Crippen LogP contribution in [0.3, 0.4) is 0 Å². The molecule has 1 amide bonds. The molecule has 1 rings (SSSR count). The van der Waals surface area contributed by atoms with Crippen LogP contribution in [0.15, 0.2) is 40.6 Å². The molecule has 5 heteroatoms. The van der Waals surface area contributed by atoms with E-state index in [0.717, 1.165) is 17.0 Å². The van der Waals surface area contributed by atoms with E-state index in [0.29, 0.717) is 0 Å². The van der Waals surface area contributed by atoms with Crippen LogP contribution in [0.4, 0.5) is 0 Å². The number of sulfone groups is 1. The van der Waals surface area contributed by atoms with Crippen molar-refractivity contribution in [3.8, 4) is 0 Å². The third-order valence-corrected chi connectivity index (χ3v) is 3.18. The smallest absolute Gasteiger partial charge is 0.242 e. The highest BCUT2D eigenvalue weighted by Crippen LogP contribution is 2.12. The van der Waals surface area contributed by atoms with Crippen molar-refractivity contribution in [2.45, 2.75) is 11.8 Å². The number of nitrogens with two attached hydrogens (primary N) is 1. The molecule has 0 spiro atoms. The van der Waals surface area contributed by atoms with E-state index in [-0.39, 0.29) is 4.90 Å². The molecular formula is C10H11NO3S. The topological polar surface area (TPSA) is 77.2 Å². The first-order valence-electron chi connectivity index (χ1n) is 4.21. The van der Waals surface area contributed by atoms with Gasteiger partial charge in [0.2, 0.25) is 5.91 Å². The predicted octanol–water partition coefficient (Wildman–Crippen LogP) is 0.768. The first kappa shape index (κ1) is 11.5. The minimum atomic E-state index is -3.55. The number of benzene rings is 1. The summed E-state index contributed by atoms with van der Waals surface area (Å²) in [4.78, 5) is 10.5. The Kier molecular flexibility index (Phi) is 3.26. The fourth-order valence-corrected chi connectivity index (χ4v) is 1.95. The van der Waals surface area contributed by atoms with Gasteiger partial charge in [-0.05, 0) is 19.1 Å². The molecule has 0 aliphatic rings. The van der Waals surface area contributed by atoms with Crippen LogP contribution in [0.1, 0.15) is 5.56 Å². The molecule has 1 aromatic rings. The first-order chi connectivity index (χ1) is 6.92. The monoisotopic (exact) mass is 225 g/mol. The summed E-state index contributed by atoms with van der Waals surface area (Å²) in [6.45, 7) is 1.86. The molecule has 0 heterocycles. The normalized spacial score (nSPS) is 11.8. The third kappa shape index (κ3) is 3.21. The summed E-state index contributed by atoms with van der Waals surface area (Å²) in [7, 11) is -3.55. The third-order valence-electron chi connectivity index (χ3n) is 1.76. The van der Waals surface area contributed by atoms with Crippen molar-refractivity contribution >= 4 is 15.7 Å². The lowest BCUT2D eigenvalue weighted by atomic mass is 10.2. The van der Waals surface area contributed by atoms with Crippen LogP contribution in [0.2, 0.25) is 0 Å². The number of carbonyl (C=O) groups excluding carboxylic acids is 1. The van der Waals surface area contributed by atoms with Crippen LogP contribution < -0.4 is 5.73 Å². The van der Waals surface area contributed by atoms with E-state index in [1.165, 1.54) is 12.1 Å². The van der Waals surface area contributed by atoms with Gasteiger partial charge in [-0.2, -0.15) is 0 Å². The van der Waals surface area contributed by atoms with E-state index < -0.39 is 15.7 Å². The van der Waals surface area contributed by atoms with Crippen LogP contribution in [0.5, 0.6) is 0 Å². The Morgan fingerprint density at radius 2 is 1.80 bits per heavy atom. The summed E-state index contributed by atoms with van der Waals surface area (Å²) < 4.78 is 23.1. The molecule has 0 unspecified atom stereocenters. The highest BCUT2D eigenvalue weighted by molar-refractivity contribution is 7.94. The Bertz CT molecular complexity index is 486. The molecule has 0 radical (unpaired) electrons. The standard InChI is InChI=1S/C10H11NO3S/c1-8-2-4-9(5-3-8)15(13,14)7-6-10(11)12/h2-7H,1H3,(H2,11,12)/b7-6+. The lowest BCUT2D eigenvalue weighted by Gasteiger charge is -1.98. The Morgan fingerprint density at radius 1 is 1.27 bits per heavy atom. The van der Waals surface area contributed by atoms with E-state index in [1.54, 1.807) is 12.1 Å². The minimum absolute atomic E-state index is 0.144. The fraction of sp³-hybridized carbons (Fsp3) is 0.100. The van der Waals surface area contributed by atoms with Crippen molar-refractivity contribution in [3.05, 3.63) is 41.3 Å². The van der Waals surface area contributed by atoms with Gasteiger partial charge in [0.1, 0.15) is 0 Å². The van der Waals surface area contributed by atoms with Crippen LogP contribution in [-0.4, -0.2) is 14.3 Å². The summed E-state index contributed by atoms with van der Waals surface area (Å²) >= 11 is 0. The van der Waals surface area contributed by atoms with E-state index >= 15 is 0 Å². The Morgan fingerprint density at radius 3 is 2.27 bits per heavy atom. The van der Waals surface area contributed by atoms with Gasteiger partial charge in [-0.15, -0.1) is 0 Å². The Balaban J connectivity index is 3.07. The lowest BCUT2D eigenvalue weighted by Crippen LogP contribution is -2.07. The van der Waals surface area contributed by atoms with E-state index in [2.05, 4.69) is 0 Å². The van der Waals surface area contributed by atoms with Crippen LogP contribution in [0.25, 0.3) is 0 Å². The Hall–Kier alpha value is -1.62. The van der Waals surface area contributed by atoms with Gasteiger partial charge in [-0.25, -0.2) is 8.42 Å². The first-order valence-corrected chi connectivity index (χ1v) is 5.76. The summed E-state index contributed by atoms with van der Waals surface area (Å²) in [5.41, 5.74) is 5.78. The molecule has 0 bridgehead atoms. The molecule has 0 aliphatic carbocycles. The molecule has 0 fully saturated rings. The molecule has 2 N–H and O–H groups in total. The summed E-state index contributed by atoms with van der Waals surface area (Å²) in [5, 5.41) is 0.806. The SMILES string of the molecule is Cc1ccc(S(=O)(=O)/C=C/C(N)=O)cc1. The van der Waals surface area contributed by atoms with Crippen molar-refractivity contribution in [1.29, 1.82) is 0 Å². The number of rotatable bonds is 3. The molecule has 1 aromatic carbocycles.